The van der Waals surface area contributed by atoms with E-state index in [0.717, 1.165) is 114 Å². The largest absolute Gasteiger partial charge is 0.472 e. The molecule has 0 spiro atoms. The molecule has 17 nitrogen and oxygen atoms in total. The minimum Gasteiger partial charge on any atom is -0.462 e. The summed E-state index contributed by atoms with van der Waals surface area (Å²) in [7, 11) is -9.91. The van der Waals surface area contributed by atoms with Crippen LogP contribution in [0.25, 0.3) is 0 Å². The van der Waals surface area contributed by atoms with Crippen molar-refractivity contribution in [3.8, 4) is 0 Å². The molecule has 552 valence electrons. The summed E-state index contributed by atoms with van der Waals surface area (Å²) >= 11 is 0. The normalized spacial score (nSPS) is 14.5. The van der Waals surface area contributed by atoms with Gasteiger partial charge in [0.15, 0.2) is 12.2 Å². The van der Waals surface area contributed by atoms with Gasteiger partial charge in [0, 0.05) is 25.7 Å². The Morgan fingerprint density at radius 2 is 0.516 bits per heavy atom. The van der Waals surface area contributed by atoms with Crippen LogP contribution in [-0.2, 0) is 65.4 Å². The summed E-state index contributed by atoms with van der Waals surface area (Å²) in [5.41, 5.74) is 0. The summed E-state index contributed by atoms with van der Waals surface area (Å²) in [6.45, 7) is 14.1. The fourth-order valence-electron chi connectivity index (χ4n) is 11.2. The van der Waals surface area contributed by atoms with E-state index in [9.17, 15) is 43.2 Å². The van der Waals surface area contributed by atoms with Gasteiger partial charge in [-0.1, -0.05) is 319 Å². The van der Waals surface area contributed by atoms with Gasteiger partial charge in [0.25, 0.3) is 0 Å². The van der Waals surface area contributed by atoms with Gasteiger partial charge in [0.2, 0.25) is 0 Å². The lowest BCUT2D eigenvalue weighted by Crippen LogP contribution is -2.30. The molecule has 0 rings (SSSR count). The zero-order valence-electron chi connectivity index (χ0n) is 60.9. The van der Waals surface area contributed by atoms with E-state index in [1.165, 1.54) is 167 Å². The third-order valence-corrected chi connectivity index (χ3v) is 19.3. The molecule has 93 heavy (non-hydrogen) atoms. The minimum absolute atomic E-state index is 0.103. The predicted molar refractivity (Wildman–Crippen MR) is 377 cm³/mol. The average molecular weight is 1370 g/mol. The van der Waals surface area contributed by atoms with E-state index in [4.69, 9.17) is 37.0 Å². The van der Waals surface area contributed by atoms with Crippen molar-refractivity contribution in [2.45, 2.75) is 388 Å². The van der Waals surface area contributed by atoms with Crippen LogP contribution < -0.4 is 0 Å². The summed E-state index contributed by atoms with van der Waals surface area (Å²) < 4.78 is 68.4. The molecule has 3 N–H and O–H groups in total. The molecule has 0 radical (unpaired) electrons. The van der Waals surface area contributed by atoms with E-state index >= 15 is 0 Å². The van der Waals surface area contributed by atoms with E-state index in [2.05, 4.69) is 55.4 Å². The maximum absolute atomic E-state index is 13.0. The standard InChI is InChI=1S/C74H144O17P2/c1-9-67(8)53-45-37-32-33-39-47-55-72(77)85-61-70(90-73(78)56-48-40-30-24-19-15-13-11-10-12-14-17-21-26-34-42-50-64(2)3)63-89-93(82,83)87-59-68(75)58-86-92(80,81)88-62-69(91-74(79)57-49-41-31-25-28-36-44-52-66(6)7)60-84-71(76)54-46-38-29-23-20-16-18-22-27-35-43-51-65(4)5/h64-70,75H,9-63H2,1-8H3,(H,80,81)(H,82,83)/t67?,68-,69-,70-/m1/s1. The van der Waals surface area contributed by atoms with Gasteiger partial charge >= 0.3 is 39.5 Å². The fraction of sp³-hybridized carbons (Fsp3) is 0.946. The van der Waals surface area contributed by atoms with Crippen LogP contribution in [0.5, 0.6) is 0 Å². The van der Waals surface area contributed by atoms with Crippen molar-refractivity contribution in [2.24, 2.45) is 23.7 Å². The first-order valence-corrected chi connectivity index (χ1v) is 41.2. The number of carbonyl (C=O) groups is 4. The number of phosphoric acid groups is 2. The summed E-state index contributed by atoms with van der Waals surface area (Å²) in [5, 5.41) is 10.6. The zero-order chi connectivity index (χ0) is 68.9. The van der Waals surface area contributed by atoms with E-state index in [1.54, 1.807) is 0 Å². The molecular formula is C74H144O17P2. The van der Waals surface area contributed by atoms with E-state index in [0.29, 0.717) is 31.6 Å². The number of hydrogen-bond donors (Lipinski definition) is 3. The van der Waals surface area contributed by atoms with Gasteiger partial charge in [0.1, 0.15) is 19.3 Å². The van der Waals surface area contributed by atoms with Crippen molar-refractivity contribution in [3.63, 3.8) is 0 Å². The summed E-state index contributed by atoms with van der Waals surface area (Å²) in [5.74, 6) is 0.880. The molecule has 0 aromatic heterocycles. The molecular weight excluding hydrogens is 1220 g/mol. The van der Waals surface area contributed by atoms with Crippen molar-refractivity contribution < 1.29 is 80.2 Å². The highest BCUT2D eigenvalue weighted by Crippen LogP contribution is 2.45. The lowest BCUT2D eigenvalue weighted by atomic mass is 10.00. The molecule has 6 atom stereocenters. The molecule has 0 saturated carbocycles. The van der Waals surface area contributed by atoms with E-state index < -0.39 is 97.5 Å². The van der Waals surface area contributed by atoms with Crippen LogP contribution in [0.4, 0.5) is 0 Å². The number of esters is 4. The second kappa shape index (κ2) is 63.5. The van der Waals surface area contributed by atoms with Crippen LogP contribution in [0.3, 0.4) is 0 Å². The first-order valence-electron chi connectivity index (χ1n) is 38.2. The molecule has 0 aromatic rings. The van der Waals surface area contributed by atoms with Crippen molar-refractivity contribution in [3.05, 3.63) is 0 Å². The van der Waals surface area contributed by atoms with Gasteiger partial charge in [0.05, 0.1) is 26.4 Å². The van der Waals surface area contributed by atoms with Crippen LogP contribution in [0, 0.1) is 23.7 Å². The van der Waals surface area contributed by atoms with Gasteiger partial charge in [-0.05, 0) is 49.4 Å². The third kappa shape index (κ3) is 67.0. The van der Waals surface area contributed by atoms with Gasteiger partial charge in [-0.3, -0.25) is 37.3 Å². The summed E-state index contributed by atoms with van der Waals surface area (Å²) in [6, 6.07) is 0. The second-order valence-electron chi connectivity index (χ2n) is 28.4. The van der Waals surface area contributed by atoms with Gasteiger partial charge < -0.3 is 33.8 Å². The topological polar surface area (TPSA) is 237 Å². The molecule has 0 amide bonds. The molecule has 3 unspecified atom stereocenters. The van der Waals surface area contributed by atoms with Crippen LogP contribution in [0.1, 0.15) is 370 Å². The Balaban J connectivity index is 5.20. The quantitative estimate of drug-likeness (QED) is 0.0222. The first kappa shape index (κ1) is 91.1. The van der Waals surface area contributed by atoms with Crippen LogP contribution in [0.2, 0.25) is 0 Å². The number of hydrogen-bond acceptors (Lipinski definition) is 15. The Hall–Kier alpha value is -1.94. The first-order chi connectivity index (χ1) is 44.6. The minimum atomic E-state index is -4.96. The van der Waals surface area contributed by atoms with Crippen molar-refractivity contribution in [1.29, 1.82) is 0 Å². The van der Waals surface area contributed by atoms with Crippen LogP contribution >= 0.6 is 15.6 Å². The smallest absolute Gasteiger partial charge is 0.462 e. The van der Waals surface area contributed by atoms with E-state index in [-0.39, 0.29) is 25.7 Å². The van der Waals surface area contributed by atoms with E-state index in [1.807, 2.05) is 0 Å². The second-order valence-corrected chi connectivity index (χ2v) is 31.3. The third-order valence-electron chi connectivity index (χ3n) is 17.4. The summed E-state index contributed by atoms with van der Waals surface area (Å²) in [6.07, 6.45) is 47.4. The Morgan fingerprint density at radius 1 is 0.301 bits per heavy atom. The van der Waals surface area contributed by atoms with Crippen molar-refractivity contribution in [2.75, 3.05) is 39.6 Å². The summed E-state index contributed by atoms with van der Waals surface area (Å²) in [4.78, 5) is 72.7. The van der Waals surface area contributed by atoms with Gasteiger partial charge in [-0.15, -0.1) is 0 Å². The number of ether oxygens (including phenoxy) is 4. The van der Waals surface area contributed by atoms with Crippen molar-refractivity contribution >= 4 is 39.5 Å². The monoisotopic (exact) mass is 1370 g/mol. The molecule has 0 fully saturated rings. The number of aliphatic hydroxyl groups excluding tert-OH is 1. The highest BCUT2D eigenvalue weighted by Gasteiger charge is 2.30. The lowest BCUT2D eigenvalue weighted by Gasteiger charge is -2.21. The Labute approximate surface area is 568 Å². The Morgan fingerprint density at radius 3 is 0.763 bits per heavy atom. The average Bonchev–Trinajstić information content (AvgIpc) is 2.00. The number of phosphoric ester groups is 2. The zero-order valence-corrected chi connectivity index (χ0v) is 62.7. The molecule has 0 aliphatic heterocycles. The highest BCUT2D eigenvalue weighted by molar-refractivity contribution is 7.47. The molecule has 0 heterocycles. The lowest BCUT2D eigenvalue weighted by molar-refractivity contribution is -0.161. The predicted octanol–water partition coefficient (Wildman–Crippen LogP) is 21.3. The molecule has 19 heteroatoms. The van der Waals surface area contributed by atoms with Crippen LogP contribution in [-0.4, -0.2) is 96.7 Å². The maximum Gasteiger partial charge on any atom is 0.472 e. The Bertz CT molecular complexity index is 1840. The van der Waals surface area contributed by atoms with Crippen LogP contribution in [0.15, 0.2) is 0 Å². The SMILES string of the molecule is CCC(C)CCCCCCCCC(=O)OC[C@H](COP(=O)(O)OC[C@H](O)COP(=O)(O)OC[C@@H](COC(=O)CCCCCCCCCCCCCC(C)C)OC(=O)CCCCCCCCCC(C)C)OC(=O)CCCCCCCCCCCCCCCCCCC(C)C. The molecule has 0 aromatic carbocycles. The Kier molecular flexibility index (Phi) is 62.2. The van der Waals surface area contributed by atoms with Gasteiger partial charge in [-0.25, -0.2) is 9.13 Å². The number of rotatable bonds is 71. The number of aliphatic hydroxyl groups is 1. The van der Waals surface area contributed by atoms with Crippen molar-refractivity contribution in [1.82, 2.24) is 0 Å². The van der Waals surface area contributed by atoms with Gasteiger partial charge in [-0.2, -0.15) is 0 Å². The molecule has 0 aliphatic carbocycles. The molecule has 0 bridgehead atoms. The fourth-order valence-corrected chi connectivity index (χ4v) is 12.7. The number of unbranched alkanes of at least 4 members (excludes halogenated alkanes) is 36. The molecule has 0 aliphatic rings. The number of carbonyl (C=O) groups excluding carboxylic acids is 4. The maximum atomic E-state index is 13.0. The molecule has 0 saturated heterocycles. The highest BCUT2D eigenvalue weighted by atomic mass is 31.2.